The third-order valence-corrected chi connectivity index (χ3v) is 5.94. The van der Waals surface area contributed by atoms with Crippen molar-refractivity contribution in [2.45, 2.75) is 40.5 Å². The molecule has 32 heavy (non-hydrogen) atoms. The van der Waals surface area contributed by atoms with Crippen molar-refractivity contribution in [3.8, 4) is 0 Å². The van der Waals surface area contributed by atoms with Crippen molar-refractivity contribution in [3.05, 3.63) is 56.4 Å². The molecule has 1 saturated heterocycles. The van der Waals surface area contributed by atoms with Gasteiger partial charge in [0.15, 0.2) is 12.4 Å². The number of benzene rings is 1. The van der Waals surface area contributed by atoms with Gasteiger partial charge in [-0.25, -0.2) is 4.79 Å². The van der Waals surface area contributed by atoms with Gasteiger partial charge in [-0.3, -0.25) is 19.7 Å². The number of ether oxygens (including phenoxy) is 1. The molecule has 1 fully saturated rings. The summed E-state index contributed by atoms with van der Waals surface area (Å²) in [6.45, 7) is 7.85. The predicted octanol–water partition coefficient (Wildman–Crippen LogP) is 4.02. The first-order valence-corrected chi connectivity index (χ1v) is 10.5. The van der Waals surface area contributed by atoms with Gasteiger partial charge in [0.05, 0.1) is 21.9 Å². The number of piperidine rings is 1. The van der Waals surface area contributed by atoms with E-state index in [4.69, 9.17) is 4.74 Å². The van der Waals surface area contributed by atoms with E-state index in [1.165, 1.54) is 19.1 Å². The van der Waals surface area contributed by atoms with Gasteiger partial charge in [0.2, 0.25) is 5.78 Å². The number of aryl methyl sites for hydroxylation is 1. The summed E-state index contributed by atoms with van der Waals surface area (Å²) in [5, 5.41) is 11.2. The van der Waals surface area contributed by atoms with Crippen LogP contribution in [-0.4, -0.2) is 47.1 Å². The highest BCUT2D eigenvalue weighted by Crippen LogP contribution is 2.30. The van der Waals surface area contributed by atoms with Gasteiger partial charge in [-0.15, -0.1) is 0 Å². The number of H-pyrrole nitrogens is 1. The first-order valence-electron chi connectivity index (χ1n) is 10.5. The number of ketones is 2. The van der Waals surface area contributed by atoms with Gasteiger partial charge in [0.25, 0.3) is 5.69 Å². The Bertz CT molecular complexity index is 1080. The van der Waals surface area contributed by atoms with E-state index in [0.717, 1.165) is 25.9 Å². The van der Waals surface area contributed by atoms with Crippen molar-refractivity contribution in [1.29, 1.82) is 0 Å². The van der Waals surface area contributed by atoms with Crippen LogP contribution in [0.1, 0.15) is 69.2 Å². The minimum Gasteiger partial charge on any atom is -0.454 e. The molecule has 3 rings (SSSR count). The number of anilines is 1. The Morgan fingerprint density at radius 2 is 1.88 bits per heavy atom. The maximum atomic E-state index is 12.9. The molecule has 9 heteroatoms. The predicted molar refractivity (Wildman–Crippen MR) is 119 cm³/mol. The van der Waals surface area contributed by atoms with Gasteiger partial charge >= 0.3 is 5.97 Å². The maximum absolute atomic E-state index is 12.9. The third kappa shape index (κ3) is 4.71. The van der Waals surface area contributed by atoms with Gasteiger partial charge in [0, 0.05) is 36.5 Å². The van der Waals surface area contributed by atoms with Crippen LogP contribution in [-0.2, 0) is 4.74 Å². The molecule has 0 aliphatic carbocycles. The summed E-state index contributed by atoms with van der Waals surface area (Å²) in [5.74, 6) is -0.872. The standard InChI is InChI=1S/C23H27N3O6/c1-13-7-9-25(10-8-13)19-6-5-17(26(30)31)11-18(19)23(29)32-12-20(28)22-14(2)21(16(4)27)15(3)24-22/h5-6,11,13,24H,7-10,12H2,1-4H3. The van der Waals surface area contributed by atoms with E-state index in [2.05, 4.69) is 11.9 Å². The molecule has 0 saturated carbocycles. The Kier molecular flexibility index (Phi) is 6.76. The highest BCUT2D eigenvalue weighted by atomic mass is 16.6. The number of aromatic nitrogens is 1. The molecule has 1 aliphatic rings. The normalized spacial score (nSPS) is 14.3. The Hall–Kier alpha value is -3.49. The smallest absolute Gasteiger partial charge is 0.340 e. The lowest BCUT2D eigenvalue weighted by Crippen LogP contribution is -2.34. The van der Waals surface area contributed by atoms with Crippen molar-refractivity contribution >= 4 is 28.9 Å². The lowest BCUT2D eigenvalue weighted by molar-refractivity contribution is -0.384. The van der Waals surface area contributed by atoms with Crippen molar-refractivity contribution in [1.82, 2.24) is 4.98 Å². The number of Topliss-reactive ketones (excluding diaryl/α,β-unsaturated/α-hetero) is 2. The second kappa shape index (κ2) is 9.33. The number of nitro benzene ring substituents is 1. The van der Waals surface area contributed by atoms with E-state index >= 15 is 0 Å². The Balaban J connectivity index is 1.81. The molecule has 0 unspecified atom stereocenters. The van der Waals surface area contributed by atoms with E-state index in [0.29, 0.717) is 28.4 Å². The number of hydrogen-bond acceptors (Lipinski definition) is 7. The third-order valence-electron chi connectivity index (χ3n) is 5.94. The summed E-state index contributed by atoms with van der Waals surface area (Å²) in [6, 6.07) is 4.12. The molecular weight excluding hydrogens is 414 g/mol. The van der Waals surface area contributed by atoms with Crippen LogP contribution in [0.5, 0.6) is 0 Å². The fourth-order valence-corrected chi connectivity index (χ4v) is 4.16. The average Bonchev–Trinajstić information content (AvgIpc) is 3.06. The highest BCUT2D eigenvalue weighted by Gasteiger charge is 2.26. The Morgan fingerprint density at radius 1 is 1.22 bits per heavy atom. The first kappa shape index (κ1) is 23.2. The van der Waals surface area contributed by atoms with Crippen molar-refractivity contribution in [2.24, 2.45) is 5.92 Å². The zero-order chi connectivity index (χ0) is 23.6. The lowest BCUT2D eigenvalue weighted by Gasteiger charge is -2.33. The largest absolute Gasteiger partial charge is 0.454 e. The van der Waals surface area contributed by atoms with Crippen LogP contribution in [0, 0.1) is 29.9 Å². The molecule has 0 spiro atoms. The van der Waals surface area contributed by atoms with Gasteiger partial charge in [0.1, 0.15) is 0 Å². The summed E-state index contributed by atoms with van der Waals surface area (Å²) < 4.78 is 5.25. The summed E-state index contributed by atoms with van der Waals surface area (Å²) in [5.41, 5.74) is 2.14. The van der Waals surface area contributed by atoms with Gasteiger partial charge < -0.3 is 14.6 Å². The van der Waals surface area contributed by atoms with Crippen molar-refractivity contribution in [2.75, 3.05) is 24.6 Å². The molecule has 1 aliphatic heterocycles. The van der Waals surface area contributed by atoms with Crippen LogP contribution >= 0.6 is 0 Å². The van der Waals surface area contributed by atoms with Crippen LogP contribution in [0.25, 0.3) is 0 Å². The average molecular weight is 441 g/mol. The molecule has 2 heterocycles. The van der Waals surface area contributed by atoms with Crippen LogP contribution in [0.2, 0.25) is 0 Å². The minimum atomic E-state index is -0.802. The summed E-state index contributed by atoms with van der Waals surface area (Å²) in [6.07, 6.45) is 1.90. The molecule has 2 aromatic rings. The van der Waals surface area contributed by atoms with Gasteiger partial charge in [-0.1, -0.05) is 6.92 Å². The second-order valence-corrected chi connectivity index (χ2v) is 8.31. The fraction of sp³-hybridized carbons (Fsp3) is 0.435. The Labute approximate surface area is 185 Å². The number of carbonyl (C=O) groups is 3. The fourth-order valence-electron chi connectivity index (χ4n) is 4.16. The van der Waals surface area contributed by atoms with Crippen LogP contribution in [0.4, 0.5) is 11.4 Å². The number of non-ortho nitro benzene ring substituents is 1. The molecule has 0 radical (unpaired) electrons. The van der Waals surface area contributed by atoms with Crippen LogP contribution < -0.4 is 4.90 Å². The van der Waals surface area contributed by atoms with E-state index in [9.17, 15) is 24.5 Å². The molecule has 0 amide bonds. The minimum absolute atomic E-state index is 0.0605. The summed E-state index contributed by atoms with van der Waals surface area (Å²) >= 11 is 0. The molecule has 1 N–H and O–H groups in total. The number of esters is 1. The van der Waals surface area contributed by atoms with E-state index in [1.807, 2.05) is 4.90 Å². The quantitative estimate of drug-likeness (QED) is 0.298. The number of hydrogen-bond donors (Lipinski definition) is 1. The van der Waals surface area contributed by atoms with Gasteiger partial charge in [-0.2, -0.15) is 0 Å². The lowest BCUT2D eigenvalue weighted by atomic mass is 9.98. The number of aromatic amines is 1. The number of nitrogens with one attached hydrogen (secondary N) is 1. The SMILES string of the molecule is CC(=O)c1c(C)[nH]c(C(=O)COC(=O)c2cc([N+](=O)[O-])ccc2N2CCC(C)CC2)c1C. The van der Waals surface area contributed by atoms with Crippen LogP contribution in [0.3, 0.4) is 0 Å². The topological polar surface area (TPSA) is 123 Å². The maximum Gasteiger partial charge on any atom is 0.340 e. The van der Waals surface area contributed by atoms with Gasteiger partial charge in [-0.05, 0) is 51.2 Å². The molecule has 1 aromatic heterocycles. The van der Waals surface area contributed by atoms with Crippen molar-refractivity contribution in [3.63, 3.8) is 0 Å². The van der Waals surface area contributed by atoms with E-state index in [1.54, 1.807) is 19.9 Å². The highest BCUT2D eigenvalue weighted by molar-refractivity contribution is 6.05. The zero-order valence-corrected chi connectivity index (χ0v) is 18.7. The zero-order valence-electron chi connectivity index (χ0n) is 18.7. The summed E-state index contributed by atoms with van der Waals surface area (Å²) in [7, 11) is 0. The number of nitro groups is 1. The molecule has 0 bridgehead atoms. The monoisotopic (exact) mass is 441 g/mol. The first-order chi connectivity index (χ1) is 15.1. The number of rotatable bonds is 7. The molecule has 170 valence electrons. The van der Waals surface area contributed by atoms with E-state index in [-0.39, 0.29) is 22.7 Å². The van der Waals surface area contributed by atoms with E-state index < -0.39 is 23.3 Å². The molecule has 9 nitrogen and oxygen atoms in total. The Morgan fingerprint density at radius 3 is 2.44 bits per heavy atom. The van der Waals surface area contributed by atoms with Crippen molar-refractivity contribution < 1.29 is 24.0 Å². The molecule has 0 atom stereocenters. The molecular formula is C23H27N3O6. The number of carbonyl (C=O) groups excluding carboxylic acids is 3. The second-order valence-electron chi connectivity index (χ2n) is 8.31. The number of nitrogens with zero attached hydrogens (tertiary/aromatic N) is 2. The summed E-state index contributed by atoms with van der Waals surface area (Å²) in [4.78, 5) is 52.9. The molecule has 1 aromatic carbocycles. The van der Waals surface area contributed by atoms with Crippen LogP contribution in [0.15, 0.2) is 18.2 Å².